The van der Waals surface area contributed by atoms with E-state index in [4.69, 9.17) is 9.15 Å². The van der Waals surface area contributed by atoms with E-state index in [1.165, 1.54) is 40.6 Å². The lowest BCUT2D eigenvalue weighted by molar-refractivity contribution is -0.123. The molecule has 0 radical (unpaired) electrons. The van der Waals surface area contributed by atoms with Gasteiger partial charge in [-0.05, 0) is 61.3 Å². The van der Waals surface area contributed by atoms with Crippen LogP contribution in [0.15, 0.2) is 58.7 Å². The van der Waals surface area contributed by atoms with Crippen LogP contribution in [0, 0.1) is 0 Å². The van der Waals surface area contributed by atoms with Crippen LogP contribution in [-0.2, 0) is 11.2 Å². The van der Waals surface area contributed by atoms with Gasteiger partial charge in [-0.15, -0.1) is 11.3 Å². The Labute approximate surface area is 190 Å². The molecule has 1 aliphatic heterocycles. The second-order valence-corrected chi connectivity index (χ2v) is 15.8. The lowest BCUT2D eigenvalue weighted by Gasteiger charge is -2.27. The summed E-state index contributed by atoms with van der Waals surface area (Å²) in [6.45, 7) is 6.81. The summed E-state index contributed by atoms with van der Waals surface area (Å²) in [5.74, 6) is 0. The highest BCUT2D eigenvalue weighted by atomic mass is 32.1. The molecule has 1 aliphatic rings. The molecule has 3 aromatic rings. The van der Waals surface area contributed by atoms with Crippen molar-refractivity contribution >= 4 is 34.9 Å². The Hall–Kier alpha value is -1.66. The van der Waals surface area contributed by atoms with E-state index in [2.05, 4.69) is 62.1 Å². The van der Waals surface area contributed by atoms with Crippen LogP contribution in [0.2, 0.25) is 19.6 Å². The Morgan fingerprint density at radius 1 is 1.03 bits per heavy atom. The fourth-order valence-electron chi connectivity index (χ4n) is 4.15. The molecular weight excluding hydrogens is 420 g/mol. The van der Waals surface area contributed by atoms with E-state index >= 15 is 0 Å². The molecule has 1 N–H and O–H groups in total. The predicted octanol–water partition coefficient (Wildman–Crippen LogP) is 6.94. The van der Waals surface area contributed by atoms with Gasteiger partial charge in [-0.25, -0.2) is 0 Å². The van der Waals surface area contributed by atoms with E-state index in [9.17, 15) is 5.11 Å². The highest BCUT2D eigenvalue weighted by Gasteiger charge is 2.27. The number of benzene rings is 1. The van der Waals surface area contributed by atoms with Gasteiger partial charge in [0.25, 0.3) is 0 Å². The number of furan rings is 1. The minimum Gasteiger partial charge on any atom is -0.474 e. The monoisotopic (exact) mass is 454 g/mol. The largest absolute Gasteiger partial charge is 0.474 e. The second-order valence-electron chi connectivity index (χ2n) is 9.65. The Balaban J connectivity index is 1.18. The number of aryl methyl sites for hydroxylation is 1. The maximum atomic E-state index is 10.5. The SMILES string of the molecule is C[Si](C)(C)c1cc(C2CC=C(CCCCCCc3cc4ccccc4s3)C(O)O2)co1. The van der Waals surface area contributed by atoms with Gasteiger partial charge in [-0.1, -0.05) is 56.8 Å². The van der Waals surface area contributed by atoms with Crippen LogP contribution in [0.5, 0.6) is 0 Å². The third kappa shape index (κ3) is 5.78. The van der Waals surface area contributed by atoms with Crippen LogP contribution >= 0.6 is 11.3 Å². The van der Waals surface area contributed by atoms with Crippen LogP contribution < -0.4 is 5.38 Å². The van der Waals surface area contributed by atoms with Crippen LogP contribution in [0.4, 0.5) is 0 Å². The molecule has 5 heteroatoms. The Morgan fingerprint density at radius 3 is 2.52 bits per heavy atom. The number of thiophene rings is 1. The van der Waals surface area contributed by atoms with Crippen molar-refractivity contribution in [3.63, 3.8) is 0 Å². The van der Waals surface area contributed by atoms with Gasteiger partial charge < -0.3 is 14.3 Å². The molecule has 31 heavy (non-hydrogen) atoms. The van der Waals surface area contributed by atoms with Crippen molar-refractivity contribution in [2.75, 3.05) is 0 Å². The van der Waals surface area contributed by atoms with Crippen molar-refractivity contribution in [3.05, 3.63) is 64.8 Å². The van der Waals surface area contributed by atoms with E-state index in [-0.39, 0.29) is 6.10 Å². The van der Waals surface area contributed by atoms with Crippen molar-refractivity contribution < 1.29 is 14.3 Å². The van der Waals surface area contributed by atoms with Gasteiger partial charge >= 0.3 is 0 Å². The maximum Gasteiger partial charge on any atom is 0.177 e. The molecule has 2 aromatic heterocycles. The summed E-state index contributed by atoms with van der Waals surface area (Å²) in [7, 11) is -1.47. The molecule has 0 bridgehead atoms. The first kappa shape index (κ1) is 22.5. The summed E-state index contributed by atoms with van der Waals surface area (Å²) >= 11 is 1.92. The number of aliphatic hydroxyl groups is 1. The van der Waals surface area contributed by atoms with Crippen LogP contribution in [0.1, 0.15) is 55.1 Å². The number of rotatable bonds is 9. The van der Waals surface area contributed by atoms with Crippen LogP contribution in [0.25, 0.3) is 10.1 Å². The van der Waals surface area contributed by atoms with Gasteiger partial charge in [0.2, 0.25) is 0 Å². The molecule has 0 aliphatic carbocycles. The molecule has 0 saturated carbocycles. The third-order valence-corrected chi connectivity index (χ3v) is 8.97. The van der Waals surface area contributed by atoms with Crippen molar-refractivity contribution in [1.29, 1.82) is 0 Å². The van der Waals surface area contributed by atoms with Gasteiger partial charge in [0.05, 0.1) is 17.8 Å². The average Bonchev–Trinajstić information content (AvgIpc) is 3.38. The molecule has 1 aromatic carbocycles. The van der Waals surface area contributed by atoms with Crippen molar-refractivity contribution in [2.24, 2.45) is 0 Å². The second kappa shape index (κ2) is 9.86. The number of hydrogen-bond donors (Lipinski definition) is 1. The normalized spacial score (nSPS) is 19.7. The molecule has 2 unspecified atom stereocenters. The summed E-state index contributed by atoms with van der Waals surface area (Å²) in [6, 6.07) is 13.1. The third-order valence-electron chi connectivity index (χ3n) is 6.05. The molecule has 0 fully saturated rings. The van der Waals surface area contributed by atoms with Crippen LogP contribution in [0.3, 0.4) is 0 Å². The summed E-state index contributed by atoms with van der Waals surface area (Å²) < 4.78 is 13.1. The van der Waals surface area contributed by atoms with Gasteiger partial charge in [-0.3, -0.25) is 0 Å². The van der Waals surface area contributed by atoms with Gasteiger partial charge in [-0.2, -0.15) is 0 Å². The number of ether oxygens (including phenoxy) is 1. The zero-order valence-electron chi connectivity index (χ0n) is 18.9. The quantitative estimate of drug-likeness (QED) is 0.216. The standard InChI is InChI=1S/C26H34O3SSi/c1-31(2,3)25-17-21(18-28-25)23-15-14-19(26(27)29-23)10-6-4-5-7-12-22-16-20-11-8-9-13-24(20)30-22/h8-9,11,13-14,16-18,23,26-27H,4-7,10,12,15H2,1-3H3. The highest BCUT2D eigenvalue weighted by molar-refractivity contribution is 7.19. The van der Waals surface area contributed by atoms with E-state index in [0.29, 0.717) is 0 Å². The lowest BCUT2D eigenvalue weighted by Crippen LogP contribution is -2.36. The molecule has 4 rings (SSSR count). The number of hydrogen-bond acceptors (Lipinski definition) is 4. The molecule has 0 saturated heterocycles. The molecule has 0 spiro atoms. The first-order chi connectivity index (χ1) is 14.9. The summed E-state index contributed by atoms with van der Waals surface area (Å²) in [5.41, 5.74) is 2.09. The molecule has 0 amide bonds. The number of aliphatic hydroxyl groups excluding tert-OH is 1. The maximum absolute atomic E-state index is 10.5. The van der Waals surface area contributed by atoms with Gasteiger partial charge in [0, 0.05) is 15.1 Å². The number of unbranched alkanes of at least 4 members (excludes halogenated alkanes) is 3. The summed E-state index contributed by atoms with van der Waals surface area (Å²) in [5, 5.41) is 12.9. The Kier molecular flexibility index (Phi) is 7.17. The topological polar surface area (TPSA) is 42.6 Å². The van der Waals surface area contributed by atoms with Crippen molar-refractivity contribution in [1.82, 2.24) is 0 Å². The van der Waals surface area contributed by atoms with E-state index in [1.54, 1.807) is 6.26 Å². The van der Waals surface area contributed by atoms with E-state index < -0.39 is 14.4 Å². The molecular formula is C26H34O3SSi. The molecule has 3 heterocycles. The molecule has 166 valence electrons. The Bertz CT molecular complexity index is 994. The van der Waals surface area contributed by atoms with Crippen LogP contribution in [-0.4, -0.2) is 19.5 Å². The first-order valence-electron chi connectivity index (χ1n) is 11.5. The van der Waals surface area contributed by atoms with Gasteiger partial charge in [0.1, 0.15) is 8.07 Å². The van der Waals surface area contributed by atoms with Crippen molar-refractivity contribution in [2.45, 2.75) is 77.0 Å². The fourth-order valence-corrected chi connectivity index (χ4v) is 6.27. The minimum absolute atomic E-state index is 0.103. The molecule has 3 nitrogen and oxygen atoms in total. The zero-order valence-corrected chi connectivity index (χ0v) is 20.7. The van der Waals surface area contributed by atoms with Gasteiger partial charge in [0.15, 0.2) is 6.29 Å². The number of fused-ring (bicyclic) bond motifs is 1. The minimum atomic E-state index is -1.47. The summed E-state index contributed by atoms with van der Waals surface area (Å²) in [6.07, 6.45) is 10.7. The zero-order chi connectivity index (χ0) is 21.8. The fraction of sp³-hybridized carbons (Fsp3) is 0.462. The van der Waals surface area contributed by atoms with Crippen molar-refractivity contribution in [3.8, 4) is 0 Å². The average molecular weight is 455 g/mol. The van der Waals surface area contributed by atoms with E-state index in [0.717, 1.165) is 35.8 Å². The Morgan fingerprint density at radius 2 is 1.81 bits per heavy atom. The van der Waals surface area contributed by atoms with E-state index in [1.807, 2.05) is 11.3 Å². The smallest absolute Gasteiger partial charge is 0.177 e. The molecule has 2 atom stereocenters. The lowest BCUT2D eigenvalue weighted by atomic mass is 9.99. The summed E-state index contributed by atoms with van der Waals surface area (Å²) in [4.78, 5) is 1.49. The highest BCUT2D eigenvalue weighted by Crippen LogP contribution is 2.32. The first-order valence-corrected chi connectivity index (χ1v) is 15.8. The predicted molar refractivity (Wildman–Crippen MR) is 133 cm³/mol.